The summed E-state index contributed by atoms with van der Waals surface area (Å²) >= 11 is 0. The van der Waals surface area contributed by atoms with Crippen molar-refractivity contribution in [1.29, 1.82) is 0 Å². The third-order valence-electron chi connectivity index (χ3n) is 4.74. The molecule has 1 saturated heterocycles. The lowest BCUT2D eigenvalue weighted by atomic mass is 9.93. The normalized spacial score (nSPS) is 27.8. The van der Waals surface area contributed by atoms with E-state index in [0.29, 0.717) is 51.4 Å². The molecule has 3 unspecified atom stereocenters. The first-order chi connectivity index (χ1) is 10.3. The van der Waals surface area contributed by atoms with Gasteiger partial charge in [-0.1, -0.05) is 6.42 Å². The predicted molar refractivity (Wildman–Crippen MR) is 82.2 cm³/mol. The summed E-state index contributed by atoms with van der Waals surface area (Å²) < 4.78 is 10.8. The van der Waals surface area contributed by atoms with Crippen LogP contribution in [0.2, 0.25) is 0 Å². The summed E-state index contributed by atoms with van der Waals surface area (Å²) in [5.74, 6) is 1.49. The number of rotatable bonds is 9. The molecule has 1 aliphatic carbocycles. The number of carbonyl (C=O) groups is 1. The van der Waals surface area contributed by atoms with E-state index in [0.717, 1.165) is 6.54 Å². The quantitative estimate of drug-likeness (QED) is 0.652. The summed E-state index contributed by atoms with van der Waals surface area (Å²) in [5.41, 5.74) is 0. The molecule has 1 N–H and O–H groups in total. The average Bonchev–Trinajstić information content (AvgIpc) is 3.08. The largest absolute Gasteiger partial charge is 0.380 e. The Bertz CT molecular complexity index is 315. The molecule has 1 saturated carbocycles. The summed E-state index contributed by atoms with van der Waals surface area (Å²) in [5, 5.41) is 3.45. The van der Waals surface area contributed by atoms with Gasteiger partial charge in [0.2, 0.25) is 5.91 Å². The maximum Gasteiger partial charge on any atom is 0.240 e. The van der Waals surface area contributed by atoms with Gasteiger partial charge in [0.05, 0.1) is 19.3 Å². The summed E-state index contributed by atoms with van der Waals surface area (Å²) in [6, 6.07) is 0.0146. The van der Waals surface area contributed by atoms with Crippen LogP contribution in [0.25, 0.3) is 0 Å². The Morgan fingerprint density at radius 3 is 2.43 bits per heavy atom. The lowest BCUT2D eigenvalue weighted by molar-refractivity contribution is -0.135. The Morgan fingerprint density at radius 2 is 1.81 bits per heavy atom. The standard InChI is InChI=1S/C16H30N2O3/c1-3-20-10-8-18(9-11-21-4-2)16(19)15-14-7-5-6-13(14)12-17-15/h13-15,17H,3-12H2,1-2H3. The van der Waals surface area contributed by atoms with E-state index in [1.54, 1.807) is 0 Å². The molecule has 122 valence electrons. The van der Waals surface area contributed by atoms with Gasteiger partial charge in [-0.05, 0) is 45.1 Å². The van der Waals surface area contributed by atoms with Crippen molar-refractivity contribution < 1.29 is 14.3 Å². The molecule has 21 heavy (non-hydrogen) atoms. The highest BCUT2D eigenvalue weighted by molar-refractivity contribution is 5.82. The highest BCUT2D eigenvalue weighted by Crippen LogP contribution is 2.38. The van der Waals surface area contributed by atoms with Crippen LogP contribution >= 0.6 is 0 Å². The highest BCUT2D eigenvalue weighted by atomic mass is 16.5. The third kappa shape index (κ3) is 4.41. The van der Waals surface area contributed by atoms with Crippen molar-refractivity contribution in [2.45, 2.75) is 39.2 Å². The molecule has 0 aromatic carbocycles. The molecule has 2 rings (SSSR count). The van der Waals surface area contributed by atoms with Crippen molar-refractivity contribution in [3.05, 3.63) is 0 Å². The first-order valence-corrected chi connectivity index (χ1v) is 8.45. The van der Waals surface area contributed by atoms with Gasteiger partial charge < -0.3 is 19.7 Å². The Kier molecular flexibility index (Phi) is 6.93. The van der Waals surface area contributed by atoms with E-state index in [9.17, 15) is 4.79 Å². The van der Waals surface area contributed by atoms with Crippen LogP contribution < -0.4 is 5.32 Å². The van der Waals surface area contributed by atoms with Gasteiger partial charge in [0.15, 0.2) is 0 Å². The maximum absolute atomic E-state index is 12.8. The smallest absolute Gasteiger partial charge is 0.240 e. The highest BCUT2D eigenvalue weighted by Gasteiger charge is 2.43. The fraction of sp³-hybridized carbons (Fsp3) is 0.938. The van der Waals surface area contributed by atoms with Gasteiger partial charge in [0.25, 0.3) is 0 Å². The van der Waals surface area contributed by atoms with Gasteiger partial charge in [-0.3, -0.25) is 4.79 Å². The molecule has 1 heterocycles. The molecule has 0 radical (unpaired) electrons. The predicted octanol–water partition coefficient (Wildman–Crippen LogP) is 1.28. The lowest BCUT2D eigenvalue weighted by Gasteiger charge is -2.28. The molecule has 5 nitrogen and oxygen atoms in total. The summed E-state index contributed by atoms with van der Waals surface area (Å²) in [6.07, 6.45) is 3.75. The molecule has 0 aromatic rings. The number of nitrogens with zero attached hydrogens (tertiary/aromatic N) is 1. The van der Waals surface area contributed by atoms with Crippen LogP contribution in [0.1, 0.15) is 33.1 Å². The van der Waals surface area contributed by atoms with E-state index < -0.39 is 0 Å². The number of amides is 1. The van der Waals surface area contributed by atoms with E-state index in [-0.39, 0.29) is 11.9 Å². The molecule has 1 amide bonds. The maximum atomic E-state index is 12.8. The minimum absolute atomic E-state index is 0.0146. The third-order valence-corrected chi connectivity index (χ3v) is 4.74. The molecule has 5 heteroatoms. The van der Waals surface area contributed by atoms with Crippen LogP contribution in [0.15, 0.2) is 0 Å². The topological polar surface area (TPSA) is 50.8 Å². The fourth-order valence-electron chi connectivity index (χ4n) is 3.62. The molecule has 2 fully saturated rings. The fourth-order valence-corrected chi connectivity index (χ4v) is 3.62. The number of fused-ring (bicyclic) bond motifs is 1. The number of hydrogen-bond acceptors (Lipinski definition) is 4. The zero-order chi connectivity index (χ0) is 15.1. The van der Waals surface area contributed by atoms with Crippen LogP contribution in [0.3, 0.4) is 0 Å². The monoisotopic (exact) mass is 298 g/mol. The number of ether oxygens (including phenoxy) is 2. The zero-order valence-corrected chi connectivity index (χ0v) is 13.5. The number of hydrogen-bond donors (Lipinski definition) is 1. The van der Waals surface area contributed by atoms with Gasteiger partial charge in [-0.15, -0.1) is 0 Å². The Hall–Kier alpha value is -0.650. The Balaban J connectivity index is 1.88. The Labute approximate surface area is 128 Å². The second kappa shape index (κ2) is 8.71. The first-order valence-electron chi connectivity index (χ1n) is 8.45. The van der Waals surface area contributed by atoms with Crippen LogP contribution in [-0.2, 0) is 14.3 Å². The number of carbonyl (C=O) groups excluding carboxylic acids is 1. The second-order valence-corrected chi connectivity index (χ2v) is 5.96. The van der Waals surface area contributed by atoms with Crippen molar-refractivity contribution in [3.63, 3.8) is 0 Å². The second-order valence-electron chi connectivity index (χ2n) is 5.96. The molecule has 0 bridgehead atoms. The van der Waals surface area contributed by atoms with Crippen molar-refractivity contribution in [2.75, 3.05) is 46.1 Å². The van der Waals surface area contributed by atoms with Gasteiger partial charge in [-0.25, -0.2) is 0 Å². The van der Waals surface area contributed by atoms with E-state index in [1.807, 2.05) is 18.7 Å². The molecule has 0 spiro atoms. The van der Waals surface area contributed by atoms with Gasteiger partial charge in [0.1, 0.15) is 0 Å². The van der Waals surface area contributed by atoms with Crippen molar-refractivity contribution in [1.82, 2.24) is 10.2 Å². The molecule has 3 atom stereocenters. The van der Waals surface area contributed by atoms with Gasteiger partial charge in [-0.2, -0.15) is 0 Å². The van der Waals surface area contributed by atoms with Gasteiger partial charge >= 0.3 is 0 Å². The average molecular weight is 298 g/mol. The van der Waals surface area contributed by atoms with Crippen molar-refractivity contribution >= 4 is 5.91 Å². The molecular formula is C16H30N2O3. The minimum atomic E-state index is 0.0146. The SMILES string of the molecule is CCOCCN(CCOCC)C(=O)C1NCC2CCCC21. The lowest BCUT2D eigenvalue weighted by Crippen LogP contribution is -2.48. The van der Waals surface area contributed by atoms with Crippen molar-refractivity contribution in [3.8, 4) is 0 Å². The Morgan fingerprint density at radius 1 is 1.14 bits per heavy atom. The van der Waals surface area contributed by atoms with Crippen LogP contribution in [-0.4, -0.2) is 62.9 Å². The molecule has 1 aliphatic heterocycles. The molecular weight excluding hydrogens is 268 g/mol. The van der Waals surface area contributed by atoms with Gasteiger partial charge in [0, 0.05) is 26.3 Å². The van der Waals surface area contributed by atoms with E-state index in [4.69, 9.17) is 9.47 Å². The summed E-state index contributed by atoms with van der Waals surface area (Å²) in [7, 11) is 0. The van der Waals surface area contributed by atoms with Crippen molar-refractivity contribution in [2.24, 2.45) is 11.8 Å². The number of nitrogens with one attached hydrogen (secondary N) is 1. The van der Waals surface area contributed by atoms with E-state index >= 15 is 0 Å². The van der Waals surface area contributed by atoms with E-state index in [1.165, 1.54) is 19.3 Å². The molecule has 2 aliphatic rings. The van der Waals surface area contributed by atoms with Crippen LogP contribution in [0, 0.1) is 11.8 Å². The van der Waals surface area contributed by atoms with E-state index in [2.05, 4.69) is 5.32 Å². The summed E-state index contributed by atoms with van der Waals surface area (Å²) in [4.78, 5) is 14.7. The van der Waals surface area contributed by atoms with Crippen LogP contribution in [0.4, 0.5) is 0 Å². The minimum Gasteiger partial charge on any atom is -0.380 e. The summed E-state index contributed by atoms with van der Waals surface area (Å²) in [6.45, 7) is 8.89. The molecule has 0 aromatic heterocycles. The van der Waals surface area contributed by atoms with Crippen LogP contribution in [0.5, 0.6) is 0 Å². The first kappa shape index (κ1) is 16.7. The zero-order valence-electron chi connectivity index (χ0n) is 13.5.